The van der Waals surface area contributed by atoms with Crippen LogP contribution in [0.2, 0.25) is 0 Å². The highest BCUT2D eigenvalue weighted by Crippen LogP contribution is 2.23. The maximum atomic E-state index is 12.8. The zero-order valence-electron chi connectivity index (χ0n) is 39.6. The van der Waals surface area contributed by atoms with Crippen LogP contribution < -0.4 is 0 Å². The third kappa shape index (κ3) is 34.2. The Labute approximate surface area is 383 Å². The van der Waals surface area contributed by atoms with Crippen molar-refractivity contribution in [2.75, 3.05) is 19.8 Å². The normalized spacial score (nSPS) is 20.1. The van der Waals surface area contributed by atoms with Crippen molar-refractivity contribution < 1.29 is 49.0 Å². The van der Waals surface area contributed by atoms with E-state index in [0.717, 1.165) is 83.5 Å². The minimum Gasteiger partial charge on any atom is -0.462 e. The van der Waals surface area contributed by atoms with Gasteiger partial charge in [-0.25, -0.2) is 0 Å². The Morgan fingerprint density at radius 2 is 0.937 bits per heavy atom. The molecule has 0 aromatic carbocycles. The lowest BCUT2D eigenvalue weighted by atomic mass is 9.99. The summed E-state index contributed by atoms with van der Waals surface area (Å²) in [5, 5.41) is 40.2. The van der Waals surface area contributed by atoms with E-state index in [0.29, 0.717) is 12.8 Å². The third-order valence-corrected chi connectivity index (χ3v) is 11.1. The van der Waals surface area contributed by atoms with Gasteiger partial charge in [0.1, 0.15) is 31.0 Å². The second kappa shape index (κ2) is 43.1. The molecule has 1 rings (SSSR count). The topological polar surface area (TPSA) is 152 Å². The first kappa shape index (κ1) is 58.2. The molecule has 0 radical (unpaired) electrons. The van der Waals surface area contributed by atoms with E-state index < -0.39 is 49.4 Å². The molecule has 1 aliphatic rings. The molecule has 0 aromatic heterocycles. The van der Waals surface area contributed by atoms with E-state index in [1.807, 2.05) is 0 Å². The van der Waals surface area contributed by atoms with E-state index >= 15 is 0 Å². The highest BCUT2D eigenvalue weighted by atomic mass is 16.7. The van der Waals surface area contributed by atoms with E-state index in [9.17, 15) is 30.0 Å². The molecule has 10 heteroatoms. The number of esters is 2. The summed E-state index contributed by atoms with van der Waals surface area (Å²) in [7, 11) is 0. The number of rotatable bonds is 41. The largest absolute Gasteiger partial charge is 0.462 e. The van der Waals surface area contributed by atoms with Crippen LogP contribution in [-0.2, 0) is 28.5 Å². The molecule has 1 heterocycles. The summed E-state index contributed by atoms with van der Waals surface area (Å²) in [6.07, 6.45) is 47.6. The number of unbranched alkanes of at least 4 members (excludes halogenated alkanes) is 18. The summed E-state index contributed by atoms with van der Waals surface area (Å²) in [6.45, 7) is 3.27. The minimum absolute atomic E-state index is 0.198. The lowest BCUT2D eigenvalue weighted by molar-refractivity contribution is -0.305. The standard InChI is InChI=1S/C53H90O10/c1-3-5-7-9-11-13-15-17-19-21-22-23-24-26-27-29-31-33-35-37-39-41-48(55)60-44-46(45-61-53-52(59)51(58)50(57)47(43-54)63-53)62-49(56)42-40-38-36-34-32-30-28-25-20-18-16-14-12-10-8-6-4-2/h6,8,12,14-15,17-18,20-22,28,30,46-47,50-54,57-59H,3-5,7,9-11,13,16,19,23-27,29,31-45H2,1-2H3/b8-6-,14-12-,17-15-,20-18-,22-21-,30-28-. The molecule has 1 saturated heterocycles. The molecule has 10 nitrogen and oxygen atoms in total. The monoisotopic (exact) mass is 887 g/mol. The first-order valence-electron chi connectivity index (χ1n) is 25.0. The molecule has 0 bridgehead atoms. The van der Waals surface area contributed by atoms with Gasteiger partial charge in [-0.3, -0.25) is 9.59 Å². The summed E-state index contributed by atoms with van der Waals surface area (Å²) in [4.78, 5) is 25.4. The highest BCUT2D eigenvalue weighted by Gasteiger charge is 2.44. The molecule has 63 heavy (non-hydrogen) atoms. The van der Waals surface area contributed by atoms with Crippen molar-refractivity contribution >= 4 is 11.9 Å². The molecule has 0 saturated carbocycles. The van der Waals surface area contributed by atoms with Crippen LogP contribution in [0.15, 0.2) is 72.9 Å². The molecule has 0 spiro atoms. The van der Waals surface area contributed by atoms with Gasteiger partial charge in [-0.15, -0.1) is 0 Å². The van der Waals surface area contributed by atoms with Gasteiger partial charge in [0.05, 0.1) is 13.2 Å². The van der Waals surface area contributed by atoms with Gasteiger partial charge in [-0.05, 0) is 83.5 Å². The summed E-state index contributed by atoms with van der Waals surface area (Å²) in [6, 6.07) is 0. The minimum atomic E-state index is -1.60. The zero-order valence-corrected chi connectivity index (χ0v) is 39.6. The average molecular weight is 887 g/mol. The number of aliphatic hydroxyl groups excluding tert-OH is 4. The molecular formula is C53H90O10. The summed E-state index contributed by atoms with van der Waals surface area (Å²) < 4.78 is 22.2. The first-order chi connectivity index (χ1) is 30.8. The summed E-state index contributed by atoms with van der Waals surface area (Å²) in [5.74, 6) is -0.841. The van der Waals surface area contributed by atoms with Crippen molar-refractivity contribution in [3.05, 3.63) is 72.9 Å². The Bertz CT molecular complexity index is 1250. The fraction of sp³-hybridized carbons (Fsp3) is 0.736. The number of hydrogen-bond acceptors (Lipinski definition) is 10. The van der Waals surface area contributed by atoms with Gasteiger partial charge in [0.2, 0.25) is 0 Å². The predicted molar refractivity (Wildman–Crippen MR) is 256 cm³/mol. The molecule has 6 unspecified atom stereocenters. The van der Waals surface area contributed by atoms with Crippen molar-refractivity contribution in [1.29, 1.82) is 0 Å². The first-order valence-corrected chi connectivity index (χ1v) is 25.0. The van der Waals surface area contributed by atoms with Crippen LogP contribution in [0, 0.1) is 0 Å². The molecule has 6 atom stereocenters. The number of ether oxygens (including phenoxy) is 4. The second-order valence-corrected chi connectivity index (χ2v) is 16.9. The van der Waals surface area contributed by atoms with Crippen LogP contribution in [-0.4, -0.2) is 89.0 Å². The van der Waals surface area contributed by atoms with Crippen LogP contribution in [0.3, 0.4) is 0 Å². The van der Waals surface area contributed by atoms with Crippen molar-refractivity contribution in [2.45, 2.75) is 230 Å². The van der Waals surface area contributed by atoms with Gasteiger partial charge in [0, 0.05) is 12.8 Å². The van der Waals surface area contributed by atoms with Crippen LogP contribution >= 0.6 is 0 Å². The number of allylic oxidation sites excluding steroid dienone is 12. The Balaban J connectivity index is 2.29. The number of hydrogen-bond donors (Lipinski definition) is 4. The molecule has 1 aliphatic heterocycles. The number of carbonyl (C=O) groups excluding carboxylic acids is 2. The summed E-state index contributed by atoms with van der Waals surface area (Å²) in [5.41, 5.74) is 0. The number of carbonyl (C=O) groups is 2. The average Bonchev–Trinajstić information content (AvgIpc) is 3.28. The van der Waals surface area contributed by atoms with Crippen molar-refractivity contribution in [2.24, 2.45) is 0 Å². The molecule has 4 N–H and O–H groups in total. The van der Waals surface area contributed by atoms with E-state index in [1.54, 1.807) is 0 Å². The predicted octanol–water partition coefficient (Wildman–Crippen LogP) is 11.6. The van der Waals surface area contributed by atoms with Crippen molar-refractivity contribution in [3.63, 3.8) is 0 Å². The zero-order chi connectivity index (χ0) is 45.9. The molecule has 0 amide bonds. The van der Waals surface area contributed by atoms with Crippen LogP contribution in [0.4, 0.5) is 0 Å². The van der Waals surface area contributed by atoms with Gasteiger partial charge in [0.25, 0.3) is 0 Å². The van der Waals surface area contributed by atoms with Crippen molar-refractivity contribution in [3.8, 4) is 0 Å². The summed E-state index contributed by atoms with van der Waals surface area (Å²) >= 11 is 0. The van der Waals surface area contributed by atoms with Crippen LogP contribution in [0.1, 0.15) is 194 Å². The Morgan fingerprint density at radius 3 is 1.41 bits per heavy atom. The Kier molecular flexibility index (Phi) is 39.7. The van der Waals surface area contributed by atoms with Crippen LogP contribution in [0.25, 0.3) is 0 Å². The van der Waals surface area contributed by atoms with Gasteiger partial charge >= 0.3 is 11.9 Å². The SMILES string of the molecule is CC/C=C\C/C=C\C/C=C\C/C=C\CCCCCCC(=O)OC(COC(=O)CCCCCCCCCCC/C=C\C/C=C\CCCCCCC)COC1OC(CO)C(O)C(O)C1O. The maximum absolute atomic E-state index is 12.8. The fourth-order valence-corrected chi connectivity index (χ4v) is 7.15. The Morgan fingerprint density at radius 1 is 0.508 bits per heavy atom. The molecule has 0 aromatic rings. The third-order valence-electron chi connectivity index (χ3n) is 11.1. The maximum Gasteiger partial charge on any atom is 0.306 e. The van der Waals surface area contributed by atoms with Gasteiger partial charge in [0.15, 0.2) is 12.4 Å². The van der Waals surface area contributed by atoms with E-state index in [1.165, 1.54) is 70.6 Å². The van der Waals surface area contributed by atoms with Crippen molar-refractivity contribution in [1.82, 2.24) is 0 Å². The second-order valence-electron chi connectivity index (χ2n) is 16.9. The Hall–Kier alpha value is -2.86. The number of aliphatic hydroxyl groups is 4. The van der Waals surface area contributed by atoms with Gasteiger partial charge in [-0.2, -0.15) is 0 Å². The molecule has 0 aliphatic carbocycles. The highest BCUT2D eigenvalue weighted by molar-refractivity contribution is 5.70. The van der Waals surface area contributed by atoms with E-state index in [4.69, 9.17) is 18.9 Å². The smallest absolute Gasteiger partial charge is 0.306 e. The van der Waals surface area contributed by atoms with Gasteiger partial charge in [-0.1, -0.05) is 170 Å². The molecular weight excluding hydrogens is 797 g/mol. The lowest BCUT2D eigenvalue weighted by Gasteiger charge is -2.39. The quantitative estimate of drug-likeness (QED) is 0.0265. The van der Waals surface area contributed by atoms with E-state index in [2.05, 4.69) is 86.8 Å². The fourth-order valence-electron chi connectivity index (χ4n) is 7.15. The molecule has 1 fully saturated rings. The lowest BCUT2D eigenvalue weighted by Crippen LogP contribution is -2.59. The van der Waals surface area contributed by atoms with Crippen LogP contribution in [0.5, 0.6) is 0 Å². The van der Waals surface area contributed by atoms with E-state index in [-0.39, 0.29) is 32.0 Å². The molecule has 362 valence electrons. The van der Waals surface area contributed by atoms with Gasteiger partial charge < -0.3 is 39.4 Å².